The molecule has 0 spiro atoms. The number of benzene rings is 1. The van der Waals surface area contributed by atoms with Crippen LogP contribution in [-0.4, -0.2) is 93.8 Å². The van der Waals surface area contributed by atoms with E-state index in [0.717, 1.165) is 25.9 Å². The molecule has 1 amide bonds. The highest BCUT2D eigenvalue weighted by molar-refractivity contribution is 6.32. The van der Waals surface area contributed by atoms with E-state index in [-0.39, 0.29) is 30.1 Å². The molecule has 4 aliphatic rings. The molecule has 6 atom stereocenters. The summed E-state index contributed by atoms with van der Waals surface area (Å²) in [4.78, 5) is 74.0. The van der Waals surface area contributed by atoms with Gasteiger partial charge in [0.25, 0.3) is 0 Å². The van der Waals surface area contributed by atoms with Crippen LogP contribution in [0.25, 0.3) is 0 Å². The van der Waals surface area contributed by atoms with Crippen LogP contribution in [0.1, 0.15) is 35.2 Å². The summed E-state index contributed by atoms with van der Waals surface area (Å²) in [6.45, 7) is 1.52. The Morgan fingerprint density at radius 1 is 1.11 bits per heavy atom. The molecule has 0 bridgehead atoms. The lowest BCUT2D eigenvalue weighted by atomic mass is 9.52. The van der Waals surface area contributed by atoms with Crippen molar-refractivity contribution >= 4 is 40.7 Å². The number of primary amides is 1. The maximum absolute atomic E-state index is 13.8. The fourth-order valence-corrected chi connectivity index (χ4v) is 6.83. The molecular weight excluding hydrogens is 494 g/mol. The molecule has 0 radical (unpaired) electrons. The van der Waals surface area contributed by atoms with E-state index in [0.29, 0.717) is 11.3 Å². The maximum Gasteiger partial charge on any atom is 0.235 e. The SMILES string of the molecule is CN(C)[C@H]1C(=O)C(C(N)=O)C(=O)[C@@]2(O)C(=O)C3C(=O)c4c(O)ccc(N=C(N)N5CCCC5)c4C[C@H]3C[C@@H]12. The van der Waals surface area contributed by atoms with Crippen LogP contribution in [0.2, 0.25) is 0 Å². The highest BCUT2D eigenvalue weighted by atomic mass is 16.3. The van der Waals surface area contributed by atoms with Crippen molar-refractivity contribution in [1.29, 1.82) is 0 Å². The van der Waals surface area contributed by atoms with Crippen LogP contribution in [0.15, 0.2) is 17.1 Å². The van der Waals surface area contributed by atoms with Crippen LogP contribution in [0, 0.1) is 23.7 Å². The standard InChI is InChI=1S/C26H31N5O7/c1-30(2)19-13-10-11-9-12-14(29-25(28)31-7-3-4-8-31)5-6-15(32)17(12)20(33)16(11)22(35)26(13,38)23(36)18(21(19)34)24(27)37/h5-6,11,13,16,18-19,32,38H,3-4,7-10H2,1-2H3,(H2,27,37)(H2,28,29)/t11-,13-,16?,18?,19+,26-/m0/s1. The number of guanidine groups is 1. The van der Waals surface area contributed by atoms with Gasteiger partial charge in [-0.2, -0.15) is 0 Å². The van der Waals surface area contributed by atoms with Gasteiger partial charge in [0, 0.05) is 19.0 Å². The molecule has 1 heterocycles. The molecule has 3 aliphatic carbocycles. The van der Waals surface area contributed by atoms with E-state index in [1.54, 1.807) is 20.2 Å². The first kappa shape index (κ1) is 26.0. The van der Waals surface area contributed by atoms with Crippen LogP contribution < -0.4 is 11.5 Å². The first-order valence-corrected chi connectivity index (χ1v) is 12.7. The van der Waals surface area contributed by atoms with Crippen molar-refractivity contribution < 1.29 is 34.2 Å². The van der Waals surface area contributed by atoms with Crippen molar-refractivity contribution in [3.05, 3.63) is 23.3 Å². The van der Waals surface area contributed by atoms with Gasteiger partial charge in [0.15, 0.2) is 40.6 Å². The van der Waals surface area contributed by atoms with Crippen LogP contribution in [-0.2, 0) is 25.6 Å². The number of amides is 1. The van der Waals surface area contributed by atoms with Crippen molar-refractivity contribution in [3.8, 4) is 5.75 Å². The van der Waals surface area contributed by atoms with Crippen molar-refractivity contribution in [2.24, 2.45) is 40.1 Å². The van der Waals surface area contributed by atoms with Gasteiger partial charge in [0.05, 0.1) is 23.2 Å². The number of carbonyl (C=O) groups excluding carboxylic acids is 5. The Morgan fingerprint density at radius 2 is 1.76 bits per heavy atom. The fourth-order valence-electron chi connectivity index (χ4n) is 6.83. The monoisotopic (exact) mass is 525 g/mol. The van der Waals surface area contributed by atoms with E-state index in [1.807, 2.05) is 4.90 Å². The number of carbonyl (C=O) groups is 5. The minimum atomic E-state index is -2.75. The van der Waals surface area contributed by atoms with Crippen LogP contribution >= 0.6 is 0 Å². The molecule has 1 aromatic carbocycles. The summed E-state index contributed by atoms with van der Waals surface area (Å²) in [7, 11) is 3.08. The third kappa shape index (κ3) is 3.57. The zero-order chi connectivity index (χ0) is 27.7. The molecule has 1 saturated heterocycles. The maximum atomic E-state index is 13.8. The predicted molar refractivity (Wildman–Crippen MR) is 133 cm³/mol. The van der Waals surface area contributed by atoms with Gasteiger partial charge in [0.1, 0.15) is 5.75 Å². The number of ketones is 4. The quantitative estimate of drug-likeness (QED) is 0.214. The van der Waals surface area contributed by atoms with Gasteiger partial charge in [-0.25, -0.2) is 4.99 Å². The minimum absolute atomic E-state index is 0.0235. The largest absolute Gasteiger partial charge is 0.507 e. The number of nitrogens with two attached hydrogens (primary N) is 2. The average molecular weight is 526 g/mol. The number of hydrogen-bond donors (Lipinski definition) is 4. The van der Waals surface area contributed by atoms with E-state index >= 15 is 0 Å². The van der Waals surface area contributed by atoms with Crippen molar-refractivity contribution in [1.82, 2.24) is 9.80 Å². The Bertz CT molecular complexity index is 1300. The molecule has 1 aliphatic heterocycles. The molecule has 0 aromatic heterocycles. The normalized spacial score (nSPS) is 33.3. The summed E-state index contributed by atoms with van der Waals surface area (Å²) in [6, 6.07) is 1.71. The first-order valence-electron chi connectivity index (χ1n) is 12.7. The van der Waals surface area contributed by atoms with Crippen molar-refractivity contribution in [2.45, 2.75) is 37.3 Å². The third-order valence-electron chi connectivity index (χ3n) is 8.59. The summed E-state index contributed by atoms with van der Waals surface area (Å²) in [5.74, 6) is -10.5. The molecule has 5 rings (SSSR count). The lowest BCUT2D eigenvalue weighted by Gasteiger charge is -2.52. The average Bonchev–Trinajstić information content (AvgIpc) is 3.38. The minimum Gasteiger partial charge on any atom is -0.507 e. The van der Waals surface area contributed by atoms with E-state index in [1.165, 1.54) is 11.0 Å². The molecule has 6 N–H and O–H groups in total. The molecule has 12 heteroatoms. The van der Waals surface area contributed by atoms with Crippen molar-refractivity contribution in [3.63, 3.8) is 0 Å². The number of phenolic OH excluding ortho intramolecular Hbond substituents is 1. The molecular formula is C26H31N5O7. The summed E-state index contributed by atoms with van der Waals surface area (Å²) in [6.07, 6.45) is 2.08. The first-order chi connectivity index (χ1) is 17.9. The number of hydrogen-bond acceptors (Lipinski definition) is 9. The second kappa shape index (κ2) is 8.98. The summed E-state index contributed by atoms with van der Waals surface area (Å²) < 4.78 is 0. The van der Waals surface area contributed by atoms with Crippen LogP contribution in [0.5, 0.6) is 5.75 Å². The zero-order valence-electron chi connectivity index (χ0n) is 21.2. The number of aliphatic imine (C=N–C) groups is 1. The Balaban J connectivity index is 1.60. The number of aromatic hydroxyl groups is 1. The molecule has 1 aromatic rings. The Hall–Kier alpha value is -3.64. The molecule has 12 nitrogen and oxygen atoms in total. The number of rotatable bonds is 3. The van der Waals surface area contributed by atoms with Crippen LogP contribution in [0.3, 0.4) is 0 Å². The lowest BCUT2D eigenvalue weighted by Crippen LogP contribution is -2.74. The van der Waals surface area contributed by atoms with Crippen LogP contribution in [0.4, 0.5) is 5.69 Å². The Labute approximate surface area is 218 Å². The Morgan fingerprint density at radius 3 is 2.37 bits per heavy atom. The molecule has 3 fully saturated rings. The number of fused-ring (bicyclic) bond motifs is 3. The fraction of sp³-hybridized carbons (Fsp3) is 0.538. The second-order valence-corrected chi connectivity index (χ2v) is 10.9. The summed E-state index contributed by atoms with van der Waals surface area (Å²) >= 11 is 0. The van der Waals surface area contributed by atoms with Crippen molar-refractivity contribution in [2.75, 3.05) is 27.2 Å². The summed E-state index contributed by atoms with van der Waals surface area (Å²) in [5, 5.41) is 22.2. The van der Waals surface area contributed by atoms with Gasteiger partial charge < -0.3 is 26.6 Å². The third-order valence-corrected chi connectivity index (χ3v) is 8.59. The van der Waals surface area contributed by atoms with E-state index < -0.39 is 64.4 Å². The molecule has 38 heavy (non-hydrogen) atoms. The summed E-state index contributed by atoms with van der Waals surface area (Å²) in [5.41, 5.74) is 9.50. The van der Waals surface area contributed by atoms with Gasteiger partial charge in [0.2, 0.25) is 5.91 Å². The van der Waals surface area contributed by atoms with Gasteiger partial charge in [-0.1, -0.05) is 0 Å². The van der Waals surface area contributed by atoms with E-state index in [4.69, 9.17) is 11.5 Å². The Kier molecular flexibility index (Phi) is 6.14. The zero-order valence-corrected chi connectivity index (χ0v) is 21.2. The number of likely N-dealkylation sites (tertiary alicyclic amines) is 1. The van der Waals surface area contributed by atoms with Gasteiger partial charge in [-0.3, -0.25) is 28.9 Å². The smallest absolute Gasteiger partial charge is 0.235 e. The van der Waals surface area contributed by atoms with Gasteiger partial charge in [-0.05, 0) is 63.4 Å². The van der Waals surface area contributed by atoms with E-state index in [9.17, 15) is 34.2 Å². The second-order valence-electron chi connectivity index (χ2n) is 10.9. The number of nitrogens with zero attached hydrogens (tertiary/aromatic N) is 3. The molecule has 2 unspecified atom stereocenters. The molecule has 202 valence electrons. The number of aliphatic hydroxyl groups is 1. The molecule has 2 saturated carbocycles. The lowest BCUT2D eigenvalue weighted by molar-refractivity contribution is -0.181. The van der Waals surface area contributed by atoms with Gasteiger partial charge in [-0.15, -0.1) is 0 Å². The topological polar surface area (TPSA) is 197 Å². The van der Waals surface area contributed by atoms with E-state index in [2.05, 4.69) is 4.99 Å². The highest BCUT2D eigenvalue weighted by Crippen LogP contribution is 2.51. The number of likely N-dealkylation sites (N-methyl/N-ethyl adjacent to an activating group) is 1. The number of Topliss-reactive ketones (excluding diaryl/α,β-unsaturated/α-hetero) is 4. The number of phenols is 1. The van der Waals surface area contributed by atoms with Gasteiger partial charge >= 0.3 is 0 Å². The highest BCUT2D eigenvalue weighted by Gasteiger charge is 2.69. The predicted octanol–water partition coefficient (Wildman–Crippen LogP) is -1.09.